The Balaban J connectivity index is 1.59. The first-order valence-corrected chi connectivity index (χ1v) is 10.5. The van der Waals surface area contributed by atoms with Gasteiger partial charge >= 0.3 is 11.7 Å². The fourth-order valence-electron chi connectivity index (χ4n) is 2.71. The lowest BCUT2D eigenvalue weighted by Crippen LogP contribution is -2.24. The number of carbonyl (C=O) groups is 2. The molecule has 0 fully saturated rings. The summed E-state index contributed by atoms with van der Waals surface area (Å²) in [6.45, 7) is -0.463. The number of carbonyl (C=O) groups excluding carboxylic acids is 2. The van der Waals surface area contributed by atoms with Gasteiger partial charge in [0.2, 0.25) is 0 Å². The number of methoxy groups -OCH3 is 1. The predicted octanol–water partition coefficient (Wildman–Crippen LogP) is 4.11. The van der Waals surface area contributed by atoms with Crippen molar-refractivity contribution >= 4 is 39.7 Å². The molecule has 11 heteroatoms. The molecule has 0 aliphatic carbocycles. The minimum absolute atomic E-state index is 0.0240. The number of amides is 1. The molecule has 1 amide bonds. The van der Waals surface area contributed by atoms with Gasteiger partial charge in [-0.15, -0.1) is 0 Å². The van der Waals surface area contributed by atoms with Crippen LogP contribution in [0.2, 0.25) is 0 Å². The molecule has 3 rings (SSSR count). The summed E-state index contributed by atoms with van der Waals surface area (Å²) in [5.74, 6) is -0.694. The quantitative estimate of drug-likeness (QED) is 0.145. The first kappa shape index (κ1) is 24.4. The van der Waals surface area contributed by atoms with Gasteiger partial charge in [-0.25, -0.2) is 10.2 Å². The molecule has 0 heterocycles. The molecule has 0 aliphatic rings. The lowest BCUT2D eigenvalue weighted by molar-refractivity contribution is -0.385. The highest BCUT2D eigenvalue weighted by Crippen LogP contribution is 2.29. The molecule has 0 spiro atoms. The number of hydrogen-bond acceptors (Lipinski definition) is 8. The normalized spacial score (nSPS) is 10.5. The third-order valence-corrected chi connectivity index (χ3v) is 5.00. The van der Waals surface area contributed by atoms with E-state index in [1.54, 1.807) is 42.5 Å². The molecule has 0 unspecified atom stereocenters. The van der Waals surface area contributed by atoms with E-state index >= 15 is 0 Å². The Hall–Kier alpha value is -4.25. The second-order valence-electron chi connectivity index (χ2n) is 6.59. The number of nitro benzene ring substituents is 1. The maximum Gasteiger partial charge on any atom is 0.344 e. The van der Waals surface area contributed by atoms with Crippen LogP contribution in [-0.4, -0.2) is 36.7 Å². The van der Waals surface area contributed by atoms with E-state index in [4.69, 9.17) is 14.2 Å². The van der Waals surface area contributed by atoms with Gasteiger partial charge in [0.05, 0.1) is 23.8 Å². The number of ether oxygens (including phenoxy) is 3. The Kier molecular flexibility index (Phi) is 8.30. The minimum Gasteiger partial charge on any atom is -0.493 e. The SMILES string of the molecule is COc1cc(/C=N\NC(=O)COc2ccccc2[N+](=O)[O-])ccc1OC(=O)c1ccccc1Br. The van der Waals surface area contributed by atoms with E-state index in [9.17, 15) is 19.7 Å². The topological polar surface area (TPSA) is 129 Å². The zero-order valence-electron chi connectivity index (χ0n) is 17.8. The van der Waals surface area contributed by atoms with Crippen molar-refractivity contribution in [2.24, 2.45) is 5.10 Å². The number of nitro groups is 1. The Morgan fingerprint density at radius 2 is 1.79 bits per heavy atom. The van der Waals surface area contributed by atoms with E-state index in [0.717, 1.165) is 0 Å². The van der Waals surface area contributed by atoms with E-state index in [2.05, 4.69) is 26.5 Å². The summed E-state index contributed by atoms with van der Waals surface area (Å²) in [5.41, 5.74) is 2.94. The van der Waals surface area contributed by atoms with Crippen molar-refractivity contribution in [3.8, 4) is 17.2 Å². The summed E-state index contributed by atoms with van der Waals surface area (Å²) in [5, 5.41) is 14.8. The van der Waals surface area contributed by atoms with Gasteiger partial charge in [-0.05, 0) is 57.9 Å². The molecule has 1 N–H and O–H groups in total. The van der Waals surface area contributed by atoms with Crippen molar-refractivity contribution in [1.82, 2.24) is 5.43 Å². The number of halogens is 1. The van der Waals surface area contributed by atoms with E-state index in [1.165, 1.54) is 37.6 Å². The Morgan fingerprint density at radius 3 is 2.53 bits per heavy atom. The van der Waals surface area contributed by atoms with Crippen LogP contribution in [0.5, 0.6) is 17.2 Å². The fraction of sp³-hybridized carbons (Fsp3) is 0.0870. The zero-order valence-corrected chi connectivity index (χ0v) is 19.4. The molecule has 0 aromatic heterocycles. The second kappa shape index (κ2) is 11.6. The number of hydrazone groups is 1. The maximum absolute atomic E-state index is 12.4. The van der Waals surface area contributed by atoms with Crippen molar-refractivity contribution in [3.63, 3.8) is 0 Å². The predicted molar refractivity (Wildman–Crippen MR) is 126 cm³/mol. The number of para-hydroxylation sites is 2. The molecule has 0 aliphatic heterocycles. The molecule has 0 atom stereocenters. The number of hydrogen-bond donors (Lipinski definition) is 1. The largest absolute Gasteiger partial charge is 0.493 e. The first-order chi connectivity index (χ1) is 16.4. The number of nitrogens with zero attached hydrogens (tertiary/aromatic N) is 2. The van der Waals surface area contributed by atoms with Crippen molar-refractivity contribution in [2.45, 2.75) is 0 Å². The third kappa shape index (κ3) is 6.39. The summed E-state index contributed by atoms with van der Waals surface area (Å²) in [7, 11) is 1.42. The average molecular weight is 528 g/mol. The van der Waals surface area contributed by atoms with E-state index in [0.29, 0.717) is 15.6 Å². The average Bonchev–Trinajstić information content (AvgIpc) is 2.83. The van der Waals surface area contributed by atoms with E-state index < -0.39 is 23.4 Å². The number of benzene rings is 3. The number of nitrogens with one attached hydrogen (secondary N) is 1. The van der Waals surface area contributed by atoms with Crippen LogP contribution in [0.25, 0.3) is 0 Å². The summed E-state index contributed by atoms with van der Waals surface area (Å²) < 4.78 is 16.5. The monoisotopic (exact) mass is 527 g/mol. The number of rotatable bonds is 9. The van der Waals surface area contributed by atoms with Gasteiger partial charge in [0.15, 0.2) is 23.9 Å². The lowest BCUT2D eigenvalue weighted by atomic mass is 10.2. The van der Waals surface area contributed by atoms with Crippen molar-refractivity contribution in [3.05, 3.63) is 92.4 Å². The molecular weight excluding hydrogens is 510 g/mol. The van der Waals surface area contributed by atoms with Crippen LogP contribution in [0, 0.1) is 10.1 Å². The Labute approximate surface area is 202 Å². The smallest absolute Gasteiger partial charge is 0.344 e. The molecule has 0 bridgehead atoms. The van der Waals surface area contributed by atoms with Crippen LogP contribution in [0.1, 0.15) is 15.9 Å². The molecule has 0 radical (unpaired) electrons. The van der Waals surface area contributed by atoms with E-state index in [-0.39, 0.29) is 22.9 Å². The van der Waals surface area contributed by atoms with Gasteiger partial charge in [-0.1, -0.05) is 24.3 Å². The van der Waals surface area contributed by atoms with Crippen LogP contribution < -0.4 is 19.6 Å². The van der Waals surface area contributed by atoms with Crippen LogP contribution in [0.3, 0.4) is 0 Å². The highest BCUT2D eigenvalue weighted by atomic mass is 79.9. The van der Waals surface area contributed by atoms with Gasteiger partial charge in [-0.3, -0.25) is 14.9 Å². The second-order valence-corrected chi connectivity index (χ2v) is 7.44. The first-order valence-electron chi connectivity index (χ1n) is 9.72. The van der Waals surface area contributed by atoms with Crippen LogP contribution >= 0.6 is 15.9 Å². The molecule has 10 nitrogen and oxygen atoms in total. The van der Waals surface area contributed by atoms with Crippen molar-refractivity contribution < 1.29 is 28.7 Å². The molecular formula is C23H18BrN3O7. The summed E-state index contributed by atoms with van der Waals surface area (Å²) in [6, 6.07) is 17.3. The highest BCUT2D eigenvalue weighted by Gasteiger charge is 2.16. The molecule has 34 heavy (non-hydrogen) atoms. The molecule has 0 saturated carbocycles. The van der Waals surface area contributed by atoms with Crippen LogP contribution in [-0.2, 0) is 4.79 Å². The zero-order chi connectivity index (χ0) is 24.5. The minimum atomic E-state index is -0.611. The van der Waals surface area contributed by atoms with Crippen LogP contribution in [0.4, 0.5) is 5.69 Å². The van der Waals surface area contributed by atoms with Gasteiger partial charge in [-0.2, -0.15) is 5.10 Å². The summed E-state index contributed by atoms with van der Waals surface area (Å²) in [4.78, 5) is 34.7. The lowest BCUT2D eigenvalue weighted by Gasteiger charge is -2.10. The van der Waals surface area contributed by atoms with Crippen molar-refractivity contribution in [1.29, 1.82) is 0 Å². The standard InChI is InChI=1S/C23H18BrN3O7/c1-32-21-12-15(10-11-20(21)34-23(29)16-6-2-3-7-17(16)24)13-25-26-22(28)14-33-19-9-5-4-8-18(19)27(30)31/h2-13H,14H2,1H3,(H,26,28)/b25-13-. The Morgan fingerprint density at radius 1 is 1.06 bits per heavy atom. The van der Waals surface area contributed by atoms with E-state index in [1.807, 2.05) is 0 Å². The third-order valence-electron chi connectivity index (χ3n) is 4.31. The highest BCUT2D eigenvalue weighted by molar-refractivity contribution is 9.10. The van der Waals surface area contributed by atoms with Gasteiger partial charge < -0.3 is 14.2 Å². The molecule has 0 saturated heterocycles. The molecule has 3 aromatic rings. The maximum atomic E-state index is 12.4. The Bertz CT molecular complexity index is 1250. The fourth-order valence-corrected chi connectivity index (χ4v) is 3.16. The molecule has 174 valence electrons. The van der Waals surface area contributed by atoms with Gasteiger partial charge in [0, 0.05) is 10.5 Å². The van der Waals surface area contributed by atoms with Gasteiger partial charge in [0.1, 0.15) is 0 Å². The number of esters is 1. The van der Waals surface area contributed by atoms with Gasteiger partial charge in [0.25, 0.3) is 5.91 Å². The molecule has 3 aromatic carbocycles. The summed E-state index contributed by atoms with van der Waals surface area (Å²) >= 11 is 3.31. The van der Waals surface area contributed by atoms with Crippen molar-refractivity contribution in [2.75, 3.05) is 13.7 Å². The van der Waals surface area contributed by atoms with Crippen LogP contribution in [0.15, 0.2) is 76.3 Å². The summed E-state index contributed by atoms with van der Waals surface area (Å²) in [6.07, 6.45) is 1.35.